The summed E-state index contributed by atoms with van der Waals surface area (Å²) in [5, 5.41) is 0.153. The summed E-state index contributed by atoms with van der Waals surface area (Å²) < 4.78 is 56.4. The van der Waals surface area contributed by atoms with E-state index in [2.05, 4.69) is 14.4 Å². The van der Waals surface area contributed by atoms with Gasteiger partial charge in [-0.15, -0.1) is 0 Å². The van der Waals surface area contributed by atoms with E-state index in [1.165, 1.54) is 30.3 Å². The molecule has 0 aliphatic carbocycles. The molecule has 3 rings (SSSR count). The van der Waals surface area contributed by atoms with Crippen LogP contribution in [0.4, 0.5) is 13.9 Å². The minimum absolute atomic E-state index is 0.00547. The summed E-state index contributed by atoms with van der Waals surface area (Å²) in [4.78, 5) is 4.27. The highest BCUT2D eigenvalue weighted by atomic mass is 32.2. The standard InChI is InChI=1S/C15H12F2N2O3S2/c1-9-2-5-11(6-3-9)24(20,21)19-15-18-12-7-4-10(22-14(16)17)8-13(12)23-15/h2-8,14H,1H3,(H,18,19). The molecule has 1 aromatic heterocycles. The number of halogens is 2. The Labute approximate surface area is 141 Å². The molecule has 0 saturated heterocycles. The first-order valence-corrected chi connectivity index (χ1v) is 9.08. The zero-order valence-electron chi connectivity index (χ0n) is 12.4. The van der Waals surface area contributed by atoms with Crippen molar-refractivity contribution in [3.63, 3.8) is 0 Å². The summed E-state index contributed by atoms with van der Waals surface area (Å²) >= 11 is 1.04. The number of nitrogens with zero attached hydrogens (tertiary/aromatic N) is 1. The number of sulfonamides is 1. The Morgan fingerprint density at radius 1 is 1.17 bits per heavy atom. The van der Waals surface area contributed by atoms with Crippen LogP contribution in [0.2, 0.25) is 0 Å². The summed E-state index contributed by atoms with van der Waals surface area (Å²) in [7, 11) is -3.76. The molecular formula is C15H12F2N2O3S2. The third-order valence-corrected chi connectivity index (χ3v) is 5.56. The van der Waals surface area contributed by atoms with Crippen molar-refractivity contribution in [3.05, 3.63) is 48.0 Å². The van der Waals surface area contributed by atoms with Crippen molar-refractivity contribution in [1.29, 1.82) is 0 Å². The van der Waals surface area contributed by atoms with E-state index in [1.54, 1.807) is 12.1 Å². The predicted octanol–water partition coefficient (Wildman–Crippen LogP) is 4.01. The van der Waals surface area contributed by atoms with Crippen LogP contribution in [0, 0.1) is 6.92 Å². The Morgan fingerprint density at radius 3 is 2.54 bits per heavy atom. The normalized spacial score (nSPS) is 11.8. The van der Waals surface area contributed by atoms with Gasteiger partial charge >= 0.3 is 6.61 Å². The van der Waals surface area contributed by atoms with E-state index in [4.69, 9.17) is 0 Å². The third kappa shape index (κ3) is 3.62. The van der Waals surface area contributed by atoms with Crippen molar-refractivity contribution in [2.24, 2.45) is 0 Å². The van der Waals surface area contributed by atoms with Gasteiger partial charge in [0.25, 0.3) is 10.0 Å². The molecule has 3 aromatic rings. The molecule has 1 heterocycles. The fraction of sp³-hybridized carbons (Fsp3) is 0.133. The number of ether oxygens (including phenoxy) is 1. The maximum Gasteiger partial charge on any atom is 0.387 e. The van der Waals surface area contributed by atoms with Crippen molar-refractivity contribution in [2.45, 2.75) is 18.4 Å². The highest BCUT2D eigenvalue weighted by Crippen LogP contribution is 2.31. The first kappa shape index (κ1) is 16.6. The van der Waals surface area contributed by atoms with Gasteiger partial charge in [0.05, 0.1) is 15.1 Å². The lowest BCUT2D eigenvalue weighted by Crippen LogP contribution is -2.12. The van der Waals surface area contributed by atoms with Crippen molar-refractivity contribution in [3.8, 4) is 5.75 Å². The Kier molecular flexibility index (Phi) is 4.37. The molecule has 0 fully saturated rings. The van der Waals surface area contributed by atoms with Crippen molar-refractivity contribution in [1.82, 2.24) is 4.98 Å². The molecule has 0 bridgehead atoms. The maximum absolute atomic E-state index is 12.3. The molecule has 0 unspecified atom stereocenters. The maximum atomic E-state index is 12.3. The number of thiazole rings is 1. The summed E-state index contributed by atoms with van der Waals surface area (Å²) in [6, 6.07) is 10.6. The monoisotopic (exact) mass is 370 g/mol. The molecule has 0 aliphatic heterocycles. The fourth-order valence-electron chi connectivity index (χ4n) is 2.02. The number of benzene rings is 2. The fourth-order valence-corrected chi connectivity index (χ4v) is 4.15. The summed E-state index contributed by atoms with van der Waals surface area (Å²) in [6.07, 6.45) is 0. The number of aromatic nitrogens is 1. The first-order valence-electron chi connectivity index (χ1n) is 6.78. The molecule has 0 atom stereocenters. The molecule has 24 heavy (non-hydrogen) atoms. The summed E-state index contributed by atoms with van der Waals surface area (Å²) in [6.45, 7) is -1.06. The van der Waals surface area contributed by atoms with Crippen LogP contribution >= 0.6 is 11.3 Å². The molecule has 0 aliphatic rings. The van der Waals surface area contributed by atoms with Gasteiger partial charge in [0, 0.05) is 0 Å². The second-order valence-corrected chi connectivity index (χ2v) is 7.66. The van der Waals surface area contributed by atoms with E-state index in [0.29, 0.717) is 10.2 Å². The first-order chi connectivity index (χ1) is 11.3. The van der Waals surface area contributed by atoms with Gasteiger partial charge in [-0.2, -0.15) is 8.78 Å². The van der Waals surface area contributed by atoms with Crippen LogP contribution in [0.1, 0.15) is 5.56 Å². The number of hydrogen-bond acceptors (Lipinski definition) is 5. The molecule has 0 amide bonds. The van der Waals surface area contributed by atoms with Crippen molar-refractivity contribution in [2.75, 3.05) is 4.72 Å². The lowest BCUT2D eigenvalue weighted by molar-refractivity contribution is -0.0497. The number of fused-ring (bicyclic) bond motifs is 1. The Bertz CT molecular complexity index is 970. The average Bonchev–Trinajstić information content (AvgIpc) is 2.87. The SMILES string of the molecule is Cc1ccc(S(=O)(=O)Nc2nc3ccc(OC(F)F)cc3s2)cc1. The third-order valence-electron chi connectivity index (χ3n) is 3.14. The molecule has 5 nitrogen and oxygen atoms in total. The minimum Gasteiger partial charge on any atom is -0.435 e. The number of nitrogens with one attached hydrogen (secondary N) is 1. The van der Waals surface area contributed by atoms with Crippen LogP contribution in [-0.4, -0.2) is 20.0 Å². The van der Waals surface area contributed by atoms with Crippen LogP contribution in [0.3, 0.4) is 0 Å². The number of alkyl halides is 2. The molecule has 9 heteroatoms. The van der Waals surface area contributed by atoms with E-state index < -0.39 is 16.6 Å². The summed E-state index contributed by atoms with van der Waals surface area (Å²) in [5.74, 6) is -0.00547. The van der Waals surface area contributed by atoms with E-state index in [-0.39, 0.29) is 15.8 Å². The zero-order valence-corrected chi connectivity index (χ0v) is 14.0. The minimum atomic E-state index is -3.76. The highest BCUT2D eigenvalue weighted by Gasteiger charge is 2.17. The lowest BCUT2D eigenvalue weighted by atomic mass is 10.2. The van der Waals surface area contributed by atoms with Crippen LogP contribution in [-0.2, 0) is 10.0 Å². The van der Waals surface area contributed by atoms with E-state index >= 15 is 0 Å². The number of hydrogen-bond donors (Lipinski definition) is 1. The second-order valence-electron chi connectivity index (χ2n) is 4.95. The zero-order chi connectivity index (χ0) is 17.3. The van der Waals surface area contributed by atoms with Crippen molar-refractivity contribution >= 4 is 36.7 Å². The Hall–Kier alpha value is -2.26. The molecule has 0 saturated carbocycles. The number of anilines is 1. The van der Waals surface area contributed by atoms with Crippen LogP contribution in [0.25, 0.3) is 10.2 Å². The van der Waals surface area contributed by atoms with Crippen LogP contribution in [0.5, 0.6) is 5.75 Å². The van der Waals surface area contributed by atoms with Gasteiger partial charge in [-0.1, -0.05) is 29.0 Å². The number of aryl methyl sites for hydroxylation is 1. The molecule has 2 aromatic carbocycles. The second kappa shape index (κ2) is 6.33. The van der Waals surface area contributed by atoms with Crippen LogP contribution in [0.15, 0.2) is 47.4 Å². The summed E-state index contributed by atoms with van der Waals surface area (Å²) in [5.41, 5.74) is 1.43. The topological polar surface area (TPSA) is 68.3 Å². The highest BCUT2D eigenvalue weighted by molar-refractivity contribution is 7.93. The Balaban J connectivity index is 1.88. The van der Waals surface area contributed by atoms with E-state index in [9.17, 15) is 17.2 Å². The quantitative estimate of drug-likeness (QED) is 0.737. The largest absolute Gasteiger partial charge is 0.435 e. The molecule has 126 valence electrons. The van der Waals surface area contributed by atoms with Gasteiger partial charge in [-0.3, -0.25) is 4.72 Å². The predicted molar refractivity (Wildman–Crippen MR) is 88.2 cm³/mol. The smallest absolute Gasteiger partial charge is 0.387 e. The Morgan fingerprint density at radius 2 is 1.88 bits per heavy atom. The van der Waals surface area contributed by atoms with Gasteiger partial charge < -0.3 is 4.74 Å². The van der Waals surface area contributed by atoms with Gasteiger partial charge in [-0.25, -0.2) is 13.4 Å². The van der Waals surface area contributed by atoms with Crippen LogP contribution < -0.4 is 9.46 Å². The number of rotatable bonds is 5. The molecular weight excluding hydrogens is 358 g/mol. The van der Waals surface area contributed by atoms with Gasteiger partial charge in [0.15, 0.2) is 5.13 Å². The van der Waals surface area contributed by atoms with Gasteiger partial charge in [0.2, 0.25) is 0 Å². The van der Waals surface area contributed by atoms with Gasteiger partial charge in [0.1, 0.15) is 5.75 Å². The lowest BCUT2D eigenvalue weighted by Gasteiger charge is -2.04. The van der Waals surface area contributed by atoms with Gasteiger partial charge in [-0.05, 0) is 37.3 Å². The van der Waals surface area contributed by atoms with E-state index in [1.807, 2.05) is 6.92 Å². The molecule has 0 radical (unpaired) electrons. The molecule has 0 spiro atoms. The molecule has 1 N–H and O–H groups in total. The average molecular weight is 370 g/mol. The van der Waals surface area contributed by atoms with Crippen molar-refractivity contribution < 1.29 is 21.9 Å². The van der Waals surface area contributed by atoms with E-state index in [0.717, 1.165) is 16.9 Å².